The third-order valence-electron chi connectivity index (χ3n) is 4.58. The van der Waals surface area contributed by atoms with Crippen molar-refractivity contribution in [2.24, 2.45) is 0 Å². The zero-order valence-corrected chi connectivity index (χ0v) is 19.1. The third-order valence-corrected chi connectivity index (χ3v) is 4.58. The van der Waals surface area contributed by atoms with E-state index in [9.17, 15) is 9.59 Å². The smallest absolute Gasteiger partial charge is 0.411 e. The first-order valence-corrected chi connectivity index (χ1v) is 10.9. The fourth-order valence-corrected chi connectivity index (χ4v) is 3.02. The average molecular weight is 444 g/mol. The Morgan fingerprint density at radius 3 is 2.31 bits per heavy atom. The summed E-state index contributed by atoms with van der Waals surface area (Å²) in [4.78, 5) is 33.1. The van der Waals surface area contributed by atoms with Gasteiger partial charge < -0.3 is 14.6 Å². The predicted molar refractivity (Wildman–Crippen MR) is 125 cm³/mol. The molecule has 2 aromatic carbocycles. The molecule has 0 aromatic heterocycles. The van der Waals surface area contributed by atoms with Gasteiger partial charge in [-0.15, -0.1) is 0 Å². The monoisotopic (exact) mass is 443 g/mol. The lowest BCUT2D eigenvalue weighted by Gasteiger charge is -2.15. The van der Waals surface area contributed by atoms with Crippen molar-refractivity contribution in [1.82, 2.24) is 0 Å². The van der Waals surface area contributed by atoms with Gasteiger partial charge in [0.2, 0.25) is 0 Å². The van der Waals surface area contributed by atoms with Gasteiger partial charge in [-0.3, -0.25) is 10.1 Å². The molecule has 174 valence electrons. The maximum atomic E-state index is 12.6. The summed E-state index contributed by atoms with van der Waals surface area (Å²) in [6.07, 6.45) is 4.33. The van der Waals surface area contributed by atoms with Crippen molar-refractivity contribution in [2.45, 2.75) is 52.9 Å². The van der Waals surface area contributed by atoms with Crippen molar-refractivity contribution >= 4 is 24.2 Å². The maximum absolute atomic E-state index is 12.6. The summed E-state index contributed by atoms with van der Waals surface area (Å²) in [5.41, 5.74) is 3.69. The molecule has 7 nitrogen and oxygen atoms in total. The number of carbonyl (C=O) groups is 3. The Morgan fingerprint density at radius 1 is 0.969 bits per heavy atom. The Labute approximate surface area is 189 Å². The van der Waals surface area contributed by atoms with Crippen molar-refractivity contribution in [3.63, 3.8) is 0 Å². The highest BCUT2D eigenvalue weighted by Crippen LogP contribution is 2.32. The number of rotatable bonds is 10. The van der Waals surface area contributed by atoms with E-state index in [1.54, 1.807) is 13.0 Å². The maximum Gasteiger partial charge on any atom is 0.411 e. The molecule has 0 aliphatic carbocycles. The van der Waals surface area contributed by atoms with E-state index in [0.717, 1.165) is 48.8 Å². The number of esters is 1. The molecule has 0 bridgehead atoms. The molecule has 7 heteroatoms. The van der Waals surface area contributed by atoms with Crippen LogP contribution in [-0.2, 0) is 20.7 Å². The van der Waals surface area contributed by atoms with Gasteiger partial charge in [0.1, 0.15) is 0 Å². The lowest BCUT2D eigenvalue weighted by Crippen LogP contribution is -2.15. The second kappa shape index (κ2) is 15.5. The molecule has 0 heterocycles. The molecule has 0 aliphatic rings. The molecule has 0 saturated carbocycles. The van der Waals surface area contributed by atoms with Crippen molar-refractivity contribution in [3.8, 4) is 11.1 Å². The lowest BCUT2D eigenvalue weighted by molar-refractivity contribution is -0.122. The van der Waals surface area contributed by atoms with E-state index in [0.29, 0.717) is 24.5 Å². The molecule has 2 rings (SSSR count). The lowest BCUT2D eigenvalue weighted by atomic mass is 9.94. The number of carboxylic acid groups (broad SMARTS) is 1. The molecule has 0 spiro atoms. The number of amides is 1. The summed E-state index contributed by atoms with van der Waals surface area (Å²) in [6.45, 7) is 6.41. The molecule has 0 unspecified atom stereocenters. The summed E-state index contributed by atoms with van der Waals surface area (Å²) in [7, 11) is 0. The van der Waals surface area contributed by atoms with Crippen LogP contribution in [0.15, 0.2) is 42.5 Å². The van der Waals surface area contributed by atoms with Crippen LogP contribution in [0.3, 0.4) is 0 Å². The highest BCUT2D eigenvalue weighted by Gasteiger charge is 2.18. The molecule has 0 fully saturated rings. The number of para-hydroxylation sites is 1. The first-order chi connectivity index (χ1) is 15.5. The van der Waals surface area contributed by atoms with E-state index in [-0.39, 0.29) is 12.4 Å². The Kier molecular flexibility index (Phi) is 12.9. The van der Waals surface area contributed by atoms with Gasteiger partial charge in [0.15, 0.2) is 0 Å². The fourth-order valence-electron chi connectivity index (χ4n) is 3.02. The van der Waals surface area contributed by atoms with Gasteiger partial charge in [0, 0.05) is 5.56 Å². The van der Waals surface area contributed by atoms with Crippen LogP contribution in [0.1, 0.15) is 62.4 Å². The van der Waals surface area contributed by atoms with E-state index in [1.807, 2.05) is 43.3 Å². The summed E-state index contributed by atoms with van der Waals surface area (Å²) in [6, 6.07) is 13.3. The molecule has 0 saturated heterocycles. The highest BCUT2D eigenvalue weighted by molar-refractivity contribution is 6.01. The number of hydrogen-bond donors (Lipinski definition) is 2. The molecule has 0 atom stereocenters. The van der Waals surface area contributed by atoms with Crippen LogP contribution in [0, 0.1) is 0 Å². The highest BCUT2D eigenvalue weighted by atomic mass is 16.5. The predicted octanol–water partition coefficient (Wildman–Crippen LogP) is 5.92. The number of nitrogens with one attached hydrogen (secondary N) is 1. The van der Waals surface area contributed by atoms with Crippen LogP contribution >= 0.6 is 0 Å². The molecular formula is C25H33NO6. The van der Waals surface area contributed by atoms with E-state index in [4.69, 9.17) is 19.4 Å². The number of aryl methyl sites for hydroxylation is 1. The topological polar surface area (TPSA) is 102 Å². The minimum absolute atomic E-state index is 0.250. The van der Waals surface area contributed by atoms with Crippen LogP contribution in [0.2, 0.25) is 0 Å². The van der Waals surface area contributed by atoms with Crippen LogP contribution in [0.5, 0.6) is 0 Å². The van der Waals surface area contributed by atoms with Gasteiger partial charge >= 0.3 is 12.1 Å². The molecule has 1 amide bonds. The molecule has 2 N–H and O–H groups in total. The molecule has 32 heavy (non-hydrogen) atoms. The van der Waals surface area contributed by atoms with Gasteiger partial charge in [-0.2, -0.15) is 0 Å². The van der Waals surface area contributed by atoms with Gasteiger partial charge in [-0.25, -0.2) is 9.59 Å². The first kappa shape index (κ1) is 26.7. The summed E-state index contributed by atoms with van der Waals surface area (Å²) in [5.74, 6) is -0.360. The average Bonchev–Trinajstić information content (AvgIpc) is 2.79. The Bertz CT molecular complexity index is 865. The molecular weight excluding hydrogens is 410 g/mol. The summed E-state index contributed by atoms with van der Waals surface area (Å²) >= 11 is 0. The number of benzene rings is 2. The minimum Gasteiger partial charge on any atom is -0.483 e. The van der Waals surface area contributed by atoms with Gasteiger partial charge in [0.25, 0.3) is 6.47 Å². The van der Waals surface area contributed by atoms with Crippen molar-refractivity contribution in [1.29, 1.82) is 0 Å². The van der Waals surface area contributed by atoms with Crippen molar-refractivity contribution in [3.05, 3.63) is 53.6 Å². The van der Waals surface area contributed by atoms with Crippen LogP contribution < -0.4 is 5.32 Å². The van der Waals surface area contributed by atoms with Crippen LogP contribution in [-0.4, -0.2) is 36.9 Å². The summed E-state index contributed by atoms with van der Waals surface area (Å²) < 4.78 is 10.5. The van der Waals surface area contributed by atoms with E-state index >= 15 is 0 Å². The van der Waals surface area contributed by atoms with Gasteiger partial charge in [-0.05, 0) is 49.4 Å². The second-order valence-electron chi connectivity index (χ2n) is 6.97. The van der Waals surface area contributed by atoms with Crippen molar-refractivity contribution in [2.75, 3.05) is 18.5 Å². The van der Waals surface area contributed by atoms with Crippen molar-refractivity contribution < 1.29 is 29.0 Å². The van der Waals surface area contributed by atoms with E-state index < -0.39 is 6.09 Å². The Hall–Kier alpha value is -3.35. The van der Waals surface area contributed by atoms with Crippen LogP contribution in [0.4, 0.5) is 10.5 Å². The summed E-state index contributed by atoms with van der Waals surface area (Å²) in [5, 5.41) is 9.69. The Balaban J connectivity index is 0.00000161. The number of ether oxygens (including phenoxy) is 2. The Morgan fingerprint density at radius 2 is 1.66 bits per heavy atom. The zero-order chi connectivity index (χ0) is 23.8. The zero-order valence-electron chi connectivity index (χ0n) is 19.1. The number of anilines is 1. The quantitative estimate of drug-likeness (QED) is 0.268. The largest absolute Gasteiger partial charge is 0.483 e. The van der Waals surface area contributed by atoms with E-state index in [2.05, 4.69) is 12.2 Å². The molecule has 2 aromatic rings. The number of unbranched alkanes of at least 4 members (excludes halogenated alkanes) is 2. The third kappa shape index (κ3) is 8.79. The minimum atomic E-state index is -0.497. The standard InChI is InChI=1S/C24H31NO4.CH2O2/c1-4-7-11-18-14-15-19(21(17-18)23(26)28-6-3)20-12-9-10-13-22(20)25-24(27)29-16-8-5-2;2-1-3/h9-10,12-15,17H,4-8,11,16H2,1-3H3,(H,25,27);1H,(H,2,3). The number of carbonyl (C=O) groups excluding carboxylic acids is 2. The second-order valence-corrected chi connectivity index (χ2v) is 6.97. The van der Waals surface area contributed by atoms with Gasteiger partial charge in [-0.1, -0.05) is 57.0 Å². The van der Waals surface area contributed by atoms with E-state index in [1.165, 1.54) is 0 Å². The first-order valence-electron chi connectivity index (χ1n) is 10.9. The normalized spacial score (nSPS) is 9.84. The van der Waals surface area contributed by atoms with Gasteiger partial charge in [0.05, 0.1) is 24.5 Å². The van der Waals surface area contributed by atoms with Crippen LogP contribution in [0.25, 0.3) is 11.1 Å². The SMILES string of the molecule is CCCCOC(=O)Nc1ccccc1-c1ccc(CCCC)cc1C(=O)OCC.O=CO. The molecule has 0 radical (unpaired) electrons. The number of hydrogen-bond acceptors (Lipinski definition) is 5. The molecule has 0 aliphatic heterocycles. The fraction of sp³-hybridized carbons (Fsp3) is 0.400.